The predicted octanol–water partition coefficient (Wildman–Crippen LogP) is -0.0762. The highest BCUT2D eigenvalue weighted by Gasteiger charge is 2.01. The normalized spacial score (nSPS) is 9.79. The average Bonchev–Trinajstić information content (AvgIpc) is 2.67. The fourth-order valence-electron chi connectivity index (χ4n) is 1.08. The number of aromatic nitrogens is 4. The van der Waals surface area contributed by atoms with Gasteiger partial charge in [-0.2, -0.15) is 0 Å². The number of nitrogens with one attached hydrogen (secondary N) is 2. The van der Waals surface area contributed by atoms with Crippen LogP contribution >= 0.6 is 0 Å². The van der Waals surface area contributed by atoms with Gasteiger partial charge in [0, 0.05) is 0 Å². The number of rotatable bonds is 1. The van der Waals surface area contributed by atoms with Gasteiger partial charge in [-0.1, -0.05) is 5.92 Å². The van der Waals surface area contributed by atoms with Gasteiger partial charge in [-0.05, 0) is 13.0 Å². The summed E-state index contributed by atoms with van der Waals surface area (Å²) < 4.78 is 0. The summed E-state index contributed by atoms with van der Waals surface area (Å²) in [6.07, 6.45) is 3.05. The number of H-pyrrole nitrogens is 1. The Labute approximate surface area is 81.0 Å². The summed E-state index contributed by atoms with van der Waals surface area (Å²) in [7, 11) is 1.85. The van der Waals surface area contributed by atoms with E-state index >= 15 is 0 Å². The van der Waals surface area contributed by atoms with E-state index in [9.17, 15) is 0 Å². The van der Waals surface area contributed by atoms with Crippen LogP contribution in [-0.2, 0) is 0 Å². The number of nitrogens with zero attached hydrogens (tertiary/aromatic N) is 3. The molecule has 0 bridgehead atoms. The molecule has 0 radical (unpaired) electrons. The Hall–Kier alpha value is -1.93. The Morgan fingerprint density at radius 2 is 2.36 bits per heavy atom. The van der Waals surface area contributed by atoms with Gasteiger partial charge in [0.25, 0.3) is 0 Å². The second-order valence-corrected chi connectivity index (χ2v) is 2.66. The van der Waals surface area contributed by atoms with E-state index in [-0.39, 0.29) is 0 Å². The van der Waals surface area contributed by atoms with Crippen molar-refractivity contribution in [3.05, 3.63) is 18.3 Å². The van der Waals surface area contributed by atoms with Gasteiger partial charge in [0.15, 0.2) is 5.65 Å². The summed E-state index contributed by atoms with van der Waals surface area (Å²) in [5.74, 6) is 5.87. The molecular formula is C9H9N5. The molecule has 0 aromatic carbocycles. The van der Waals surface area contributed by atoms with Crippen LogP contribution in [0.5, 0.6) is 0 Å². The van der Waals surface area contributed by atoms with E-state index < -0.39 is 0 Å². The van der Waals surface area contributed by atoms with Crippen LogP contribution < -0.4 is 5.32 Å². The maximum absolute atomic E-state index is 4.07. The van der Waals surface area contributed by atoms with Crippen molar-refractivity contribution in [3.63, 3.8) is 0 Å². The molecule has 0 aliphatic carbocycles. The molecule has 5 heteroatoms. The minimum absolute atomic E-state index is 0.639. The van der Waals surface area contributed by atoms with Crippen LogP contribution in [-0.4, -0.2) is 33.5 Å². The quantitative estimate of drug-likeness (QED) is 0.613. The number of imidazole rings is 1. The predicted molar refractivity (Wildman–Crippen MR) is 52.5 cm³/mol. The highest BCUT2D eigenvalue weighted by atomic mass is 15.0. The van der Waals surface area contributed by atoms with Crippen LogP contribution in [0, 0.1) is 11.8 Å². The summed E-state index contributed by atoms with van der Waals surface area (Å²) in [5.41, 5.74) is 2.12. The molecule has 0 unspecified atom stereocenters. The molecule has 2 heterocycles. The molecular weight excluding hydrogens is 178 g/mol. The lowest BCUT2D eigenvalue weighted by Crippen LogP contribution is -2.04. The molecule has 0 spiro atoms. The third-order valence-electron chi connectivity index (χ3n) is 1.69. The SMILES string of the molecule is CNCC#Cc1ncnc2nc[nH]c12. The first-order valence-electron chi connectivity index (χ1n) is 4.19. The monoisotopic (exact) mass is 187 g/mol. The third-order valence-corrected chi connectivity index (χ3v) is 1.69. The van der Waals surface area contributed by atoms with Gasteiger partial charge in [-0.15, -0.1) is 0 Å². The van der Waals surface area contributed by atoms with Crippen molar-refractivity contribution in [1.29, 1.82) is 0 Å². The number of hydrogen-bond donors (Lipinski definition) is 2. The molecule has 2 rings (SSSR count). The first kappa shape index (κ1) is 8.66. The van der Waals surface area contributed by atoms with Crippen LogP contribution in [0.3, 0.4) is 0 Å². The molecule has 0 fully saturated rings. The van der Waals surface area contributed by atoms with E-state index in [2.05, 4.69) is 37.1 Å². The molecule has 2 aromatic heterocycles. The second kappa shape index (κ2) is 3.85. The van der Waals surface area contributed by atoms with Crippen molar-refractivity contribution >= 4 is 11.2 Å². The van der Waals surface area contributed by atoms with Gasteiger partial charge in [-0.25, -0.2) is 15.0 Å². The summed E-state index contributed by atoms with van der Waals surface area (Å²) in [4.78, 5) is 15.0. The number of fused-ring (bicyclic) bond motifs is 1. The molecule has 70 valence electrons. The third kappa shape index (κ3) is 1.56. The van der Waals surface area contributed by atoms with Gasteiger partial charge in [0.1, 0.15) is 17.5 Å². The summed E-state index contributed by atoms with van der Waals surface area (Å²) >= 11 is 0. The molecule has 2 aromatic rings. The van der Waals surface area contributed by atoms with Crippen LogP contribution in [0.2, 0.25) is 0 Å². The van der Waals surface area contributed by atoms with Crippen molar-refractivity contribution in [2.24, 2.45) is 0 Å². The van der Waals surface area contributed by atoms with E-state index in [1.165, 1.54) is 6.33 Å². The van der Waals surface area contributed by atoms with Crippen molar-refractivity contribution in [2.45, 2.75) is 0 Å². The van der Waals surface area contributed by atoms with Crippen molar-refractivity contribution in [2.75, 3.05) is 13.6 Å². The minimum atomic E-state index is 0.639. The lowest BCUT2D eigenvalue weighted by Gasteiger charge is -1.90. The van der Waals surface area contributed by atoms with Gasteiger partial charge < -0.3 is 10.3 Å². The van der Waals surface area contributed by atoms with E-state index in [0.717, 1.165) is 5.52 Å². The van der Waals surface area contributed by atoms with Gasteiger partial charge in [0.05, 0.1) is 12.9 Å². The molecule has 0 atom stereocenters. The highest BCUT2D eigenvalue weighted by molar-refractivity contribution is 5.75. The van der Waals surface area contributed by atoms with Crippen molar-refractivity contribution in [1.82, 2.24) is 25.3 Å². The second-order valence-electron chi connectivity index (χ2n) is 2.66. The molecule has 14 heavy (non-hydrogen) atoms. The molecule has 0 aliphatic rings. The topological polar surface area (TPSA) is 66.5 Å². The first-order valence-corrected chi connectivity index (χ1v) is 4.19. The zero-order chi connectivity index (χ0) is 9.80. The lowest BCUT2D eigenvalue weighted by molar-refractivity contribution is 0.938. The highest BCUT2D eigenvalue weighted by Crippen LogP contribution is 2.06. The molecule has 0 saturated heterocycles. The molecule has 5 nitrogen and oxygen atoms in total. The number of aromatic amines is 1. The van der Waals surface area contributed by atoms with E-state index in [1.807, 2.05) is 7.05 Å². The van der Waals surface area contributed by atoms with Gasteiger partial charge in [-0.3, -0.25) is 0 Å². The van der Waals surface area contributed by atoms with Crippen LogP contribution in [0.4, 0.5) is 0 Å². The Kier molecular flexibility index (Phi) is 2.38. The van der Waals surface area contributed by atoms with Crippen molar-refractivity contribution < 1.29 is 0 Å². The summed E-state index contributed by atoms with van der Waals surface area (Å²) in [6.45, 7) is 0.639. The van der Waals surface area contributed by atoms with E-state index in [1.54, 1.807) is 6.33 Å². The summed E-state index contributed by atoms with van der Waals surface area (Å²) in [6, 6.07) is 0. The van der Waals surface area contributed by atoms with Gasteiger partial charge >= 0.3 is 0 Å². The Bertz CT molecular complexity index is 490. The molecule has 0 aliphatic heterocycles. The minimum Gasteiger partial charge on any atom is -0.341 e. The fraction of sp³-hybridized carbons (Fsp3) is 0.222. The van der Waals surface area contributed by atoms with E-state index in [0.29, 0.717) is 17.9 Å². The smallest absolute Gasteiger partial charge is 0.181 e. The average molecular weight is 187 g/mol. The molecule has 2 N–H and O–H groups in total. The Balaban J connectivity index is 2.43. The fourth-order valence-corrected chi connectivity index (χ4v) is 1.08. The largest absolute Gasteiger partial charge is 0.341 e. The maximum Gasteiger partial charge on any atom is 0.181 e. The zero-order valence-electron chi connectivity index (χ0n) is 7.70. The van der Waals surface area contributed by atoms with Crippen LogP contribution in [0.25, 0.3) is 11.2 Å². The zero-order valence-corrected chi connectivity index (χ0v) is 7.70. The first-order chi connectivity index (χ1) is 6.92. The van der Waals surface area contributed by atoms with Crippen molar-refractivity contribution in [3.8, 4) is 11.8 Å². The summed E-state index contributed by atoms with van der Waals surface area (Å²) in [5, 5.41) is 2.94. The number of hydrogen-bond acceptors (Lipinski definition) is 4. The standard InChI is InChI=1S/C9H9N5/c1-10-4-2-3-7-8-9(13-5-11-7)14-6-12-8/h5-6,10H,4H2,1H3,(H,11,12,13,14). The Morgan fingerprint density at radius 1 is 1.43 bits per heavy atom. The maximum atomic E-state index is 4.07. The molecule has 0 saturated carbocycles. The van der Waals surface area contributed by atoms with E-state index in [4.69, 9.17) is 0 Å². The molecule has 0 amide bonds. The lowest BCUT2D eigenvalue weighted by atomic mass is 10.3. The Morgan fingerprint density at radius 3 is 3.21 bits per heavy atom. The van der Waals surface area contributed by atoms with Gasteiger partial charge in [0.2, 0.25) is 0 Å². The van der Waals surface area contributed by atoms with Crippen LogP contribution in [0.15, 0.2) is 12.7 Å². The van der Waals surface area contributed by atoms with Crippen LogP contribution in [0.1, 0.15) is 5.69 Å².